The van der Waals surface area contributed by atoms with Crippen molar-refractivity contribution in [1.82, 2.24) is 4.90 Å². The van der Waals surface area contributed by atoms with Crippen LogP contribution >= 0.6 is 0 Å². The third-order valence-corrected chi connectivity index (χ3v) is 3.56. The first-order valence-corrected chi connectivity index (χ1v) is 6.48. The summed E-state index contributed by atoms with van der Waals surface area (Å²) in [5, 5.41) is 9.56. The summed E-state index contributed by atoms with van der Waals surface area (Å²) >= 11 is 0. The Balaban J connectivity index is 2.07. The van der Waals surface area contributed by atoms with Gasteiger partial charge in [-0.15, -0.1) is 0 Å². The maximum Gasteiger partial charge on any atom is 0.0564 e. The van der Waals surface area contributed by atoms with Crippen LogP contribution in [0, 0.1) is 0 Å². The maximum atomic E-state index is 9.56. The van der Waals surface area contributed by atoms with Crippen molar-refractivity contribution in [3.63, 3.8) is 0 Å². The van der Waals surface area contributed by atoms with Crippen LogP contribution in [0.5, 0.6) is 0 Å². The van der Waals surface area contributed by atoms with Gasteiger partial charge in [-0.3, -0.25) is 4.90 Å². The van der Waals surface area contributed by atoms with Crippen LogP contribution in [-0.4, -0.2) is 35.7 Å². The second kappa shape index (κ2) is 6.15. The monoisotopic (exact) mass is 234 g/mol. The lowest BCUT2D eigenvalue weighted by Crippen LogP contribution is -2.39. The molecule has 0 aliphatic carbocycles. The van der Waals surface area contributed by atoms with E-state index in [4.69, 9.17) is 5.73 Å². The Morgan fingerprint density at radius 2 is 1.88 bits per heavy atom. The smallest absolute Gasteiger partial charge is 0.0564 e. The molecule has 3 nitrogen and oxygen atoms in total. The molecule has 1 atom stereocenters. The van der Waals surface area contributed by atoms with Crippen molar-refractivity contribution in [3.05, 3.63) is 35.9 Å². The Labute approximate surface area is 103 Å². The molecule has 1 saturated heterocycles. The fourth-order valence-electron chi connectivity index (χ4n) is 2.59. The van der Waals surface area contributed by atoms with Gasteiger partial charge in [-0.25, -0.2) is 0 Å². The molecule has 0 amide bonds. The van der Waals surface area contributed by atoms with E-state index in [1.54, 1.807) is 0 Å². The van der Waals surface area contributed by atoms with Gasteiger partial charge < -0.3 is 10.8 Å². The Morgan fingerprint density at radius 3 is 2.47 bits per heavy atom. The SMILES string of the molecule is NCCC(c1ccccc1)N1CCC(O)CC1. The molecule has 0 spiro atoms. The highest BCUT2D eigenvalue weighted by molar-refractivity contribution is 5.19. The molecule has 3 heteroatoms. The number of piperidine rings is 1. The minimum atomic E-state index is -0.111. The number of benzene rings is 1. The van der Waals surface area contributed by atoms with E-state index in [1.165, 1.54) is 5.56 Å². The molecular weight excluding hydrogens is 212 g/mol. The number of aliphatic hydroxyl groups is 1. The van der Waals surface area contributed by atoms with E-state index < -0.39 is 0 Å². The number of hydrogen-bond donors (Lipinski definition) is 2. The van der Waals surface area contributed by atoms with Gasteiger partial charge in [0.05, 0.1) is 6.10 Å². The summed E-state index contributed by atoms with van der Waals surface area (Å²) in [5.74, 6) is 0. The third kappa shape index (κ3) is 3.28. The fraction of sp³-hybridized carbons (Fsp3) is 0.571. The minimum Gasteiger partial charge on any atom is -0.393 e. The molecule has 3 N–H and O–H groups in total. The molecule has 1 aliphatic heterocycles. The van der Waals surface area contributed by atoms with Crippen molar-refractivity contribution in [3.8, 4) is 0 Å². The first-order chi connectivity index (χ1) is 8.31. The van der Waals surface area contributed by atoms with Gasteiger partial charge >= 0.3 is 0 Å². The van der Waals surface area contributed by atoms with Crippen molar-refractivity contribution in [2.45, 2.75) is 31.4 Å². The van der Waals surface area contributed by atoms with Crippen LogP contribution in [0.25, 0.3) is 0 Å². The summed E-state index contributed by atoms with van der Waals surface area (Å²) in [6, 6.07) is 11.0. The normalized spacial score (nSPS) is 20.4. The molecule has 1 unspecified atom stereocenters. The predicted octanol–water partition coefficient (Wildman–Crippen LogP) is 1.53. The molecule has 0 aromatic heterocycles. The average molecular weight is 234 g/mol. The van der Waals surface area contributed by atoms with Gasteiger partial charge in [0.1, 0.15) is 0 Å². The highest BCUT2D eigenvalue weighted by Gasteiger charge is 2.24. The van der Waals surface area contributed by atoms with Gasteiger partial charge in [0.25, 0.3) is 0 Å². The maximum absolute atomic E-state index is 9.56. The van der Waals surface area contributed by atoms with Gasteiger partial charge in [0, 0.05) is 19.1 Å². The molecule has 1 heterocycles. The van der Waals surface area contributed by atoms with Gasteiger partial charge in [-0.1, -0.05) is 30.3 Å². The Kier molecular flexibility index (Phi) is 4.54. The number of nitrogens with two attached hydrogens (primary N) is 1. The van der Waals surface area contributed by atoms with Crippen LogP contribution < -0.4 is 5.73 Å². The zero-order valence-electron chi connectivity index (χ0n) is 10.3. The van der Waals surface area contributed by atoms with E-state index in [0.717, 1.165) is 32.4 Å². The molecule has 2 rings (SSSR count). The standard InChI is InChI=1S/C14H22N2O/c15-9-6-14(12-4-2-1-3-5-12)16-10-7-13(17)8-11-16/h1-5,13-14,17H,6-11,15H2. The van der Waals surface area contributed by atoms with Crippen LogP contribution in [0.4, 0.5) is 0 Å². The van der Waals surface area contributed by atoms with Crippen LogP contribution in [0.3, 0.4) is 0 Å². The minimum absolute atomic E-state index is 0.111. The van der Waals surface area contributed by atoms with Crippen molar-refractivity contribution in [2.24, 2.45) is 5.73 Å². The highest BCUT2D eigenvalue weighted by Crippen LogP contribution is 2.26. The van der Waals surface area contributed by atoms with E-state index in [0.29, 0.717) is 12.6 Å². The number of rotatable bonds is 4. The van der Waals surface area contributed by atoms with Crippen LogP contribution in [0.15, 0.2) is 30.3 Å². The number of likely N-dealkylation sites (tertiary alicyclic amines) is 1. The van der Waals surface area contributed by atoms with Crippen molar-refractivity contribution in [2.75, 3.05) is 19.6 Å². The van der Waals surface area contributed by atoms with Crippen LogP contribution in [-0.2, 0) is 0 Å². The van der Waals surface area contributed by atoms with Crippen molar-refractivity contribution >= 4 is 0 Å². The summed E-state index contributed by atoms with van der Waals surface area (Å²) < 4.78 is 0. The lowest BCUT2D eigenvalue weighted by atomic mass is 9.98. The van der Waals surface area contributed by atoms with Gasteiger partial charge in [0.2, 0.25) is 0 Å². The molecular formula is C14H22N2O. The summed E-state index contributed by atoms with van der Waals surface area (Å²) in [4.78, 5) is 2.45. The van der Waals surface area contributed by atoms with Gasteiger partial charge in [0.15, 0.2) is 0 Å². The quantitative estimate of drug-likeness (QED) is 0.830. The predicted molar refractivity (Wildman–Crippen MR) is 69.7 cm³/mol. The largest absolute Gasteiger partial charge is 0.393 e. The first kappa shape index (κ1) is 12.6. The molecule has 0 saturated carbocycles. The lowest BCUT2D eigenvalue weighted by molar-refractivity contribution is 0.0586. The van der Waals surface area contributed by atoms with E-state index in [2.05, 4.69) is 29.2 Å². The molecule has 0 radical (unpaired) electrons. The Morgan fingerprint density at radius 1 is 1.24 bits per heavy atom. The lowest BCUT2D eigenvalue weighted by Gasteiger charge is -2.36. The second-order valence-electron chi connectivity index (χ2n) is 4.77. The average Bonchev–Trinajstić information content (AvgIpc) is 2.38. The molecule has 1 fully saturated rings. The van der Waals surface area contributed by atoms with Crippen molar-refractivity contribution in [1.29, 1.82) is 0 Å². The molecule has 94 valence electrons. The van der Waals surface area contributed by atoms with Crippen LogP contribution in [0.2, 0.25) is 0 Å². The first-order valence-electron chi connectivity index (χ1n) is 6.48. The van der Waals surface area contributed by atoms with Gasteiger partial charge in [-0.05, 0) is 31.4 Å². The zero-order valence-corrected chi connectivity index (χ0v) is 10.3. The number of aliphatic hydroxyl groups excluding tert-OH is 1. The van der Waals surface area contributed by atoms with E-state index in [-0.39, 0.29) is 6.10 Å². The number of nitrogens with zero attached hydrogens (tertiary/aromatic N) is 1. The Bertz CT molecular complexity index is 320. The fourth-order valence-corrected chi connectivity index (χ4v) is 2.59. The molecule has 0 bridgehead atoms. The van der Waals surface area contributed by atoms with E-state index in [9.17, 15) is 5.11 Å². The topological polar surface area (TPSA) is 49.5 Å². The van der Waals surface area contributed by atoms with Gasteiger partial charge in [-0.2, -0.15) is 0 Å². The zero-order chi connectivity index (χ0) is 12.1. The summed E-state index contributed by atoms with van der Waals surface area (Å²) in [7, 11) is 0. The number of hydrogen-bond acceptors (Lipinski definition) is 3. The molecule has 1 aromatic carbocycles. The summed E-state index contributed by atoms with van der Waals surface area (Å²) in [5.41, 5.74) is 7.07. The second-order valence-corrected chi connectivity index (χ2v) is 4.77. The van der Waals surface area contributed by atoms with E-state index in [1.807, 2.05) is 6.07 Å². The molecule has 17 heavy (non-hydrogen) atoms. The van der Waals surface area contributed by atoms with Crippen LogP contribution in [0.1, 0.15) is 30.9 Å². The molecule has 1 aliphatic rings. The Hall–Kier alpha value is -0.900. The summed E-state index contributed by atoms with van der Waals surface area (Å²) in [6.07, 6.45) is 2.64. The highest BCUT2D eigenvalue weighted by atomic mass is 16.3. The van der Waals surface area contributed by atoms with Crippen molar-refractivity contribution < 1.29 is 5.11 Å². The third-order valence-electron chi connectivity index (χ3n) is 3.56. The van der Waals surface area contributed by atoms with E-state index >= 15 is 0 Å². The molecule has 1 aromatic rings. The summed E-state index contributed by atoms with van der Waals surface area (Å²) in [6.45, 7) is 2.65.